The molecule has 0 saturated carbocycles. The van der Waals surface area contributed by atoms with Crippen LogP contribution in [0.15, 0.2) is 29.2 Å². The van der Waals surface area contributed by atoms with Gasteiger partial charge in [0, 0.05) is 31.2 Å². The van der Waals surface area contributed by atoms with Crippen molar-refractivity contribution in [1.29, 1.82) is 0 Å². The minimum atomic E-state index is -3.68. The molecule has 1 aromatic rings. The summed E-state index contributed by atoms with van der Waals surface area (Å²) in [5.74, 6) is -0.547. The van der Waals surface area contributed by atoms with Crippen molar-refractivity contribution in [2.75, 3.05) is 38.5 Å². The van der Waals surface area contributed by atoms with Gasteiger partial charge in [0.1, 0.15) is 5.75 Å². The first-order chi connectivity index (χ1) is 11.8. The van der Waals surface area contributed by atoms with E-state index < -0.39 is 21.5 Å². The molecule has 1 unspecified atom stereocenters. The Morgan fingerprint density at radius 1 is 1.36 bits per heavy atom. The van der Waals surface area contributed by atoms with Gasteiger partial charge >= 0.3 is 0 Å². The summed E-state index contributed by atoms with van der Waals surface area (Å²) in [6.45, 7) is 7.86. The van der Waals surface area contributed by atoms with Crippen LogP contribution in [-0.2, 0) is 19.4 Å². The first-order valence-electron chi connectivity index (χ1n) is 8.35. The van der Waals surface area contributed by atoms with Crippen LogP contribution in [0.3, 0.4) is 0 Å². The largest absolute Gasteiger partial charge is 0.374 e. The molecule has 25 heavy (non-hydrogen) atoms. The summed E-state index contributed by atoms with van der Waals surface area (Å²) in [4.78, 5) is 14.4. The molecule has 1 atom stereocenters. The highest BCUT2D eigenvalue weighted by Crippen LogP contribution is 2.15. The molecule has 0 bridgehead atoms. The normalized spacial score (nSPS) is 19.1. The minimum absolute atomic E-state index is 0.0871. The second-order valence-corrected chi connectivity index (χ2v) is 9.09. The first-order valence-corrected chi connectivity index (χ1v) is 10.4. The zero-order valence-corrected chi connectivity index (χ0v) is 16.1. The summed E-state index contributed by atoms with van der Waals surface area (Å²) < 4.78 is 30.1. The number of benzene rings is 1. The second kappa shape index (κ2) is 8.98. The lowest BCUT2D eigenvalue weighted by molar-refractivity contribution is -0.119. The van der Waals surface area contributed by atoms with Crippen LogP contribution in [0.1, 0.15) is 13.8 Å². The number of carbonyl (C=O) groups excluding carboxylic acids is 1. The molecule has 1 aromatic carbocycles. The summed E-state index contributed by atoms with van der Waals surface area (Å²) in [6, 6.07) is 5.79. The average molecular weight is 389 g/mol. The monoisotopic (exact) mass is 388 g/mol. The van der Waals surface area contributed by atoms with Gasteiger partial charge in [-0.3, -0.25) is 9.69 Å². The summed E-state index contributed by atoms with van der Waals surface area (Å²) >= 11 is 5.75. The molecule has 1 N–H and O–H groups in total. The Labute approximate surface area is 154 Å². The van der Waals surface area contributed by atoms with Crippen LogP contribution < -0.4 is 5.32 Å². The van der Waals surface area contributed by atoms with Crippen molar-refractivity contribution < 1.29 is 17.9 Å². The van der Waals surface area contributed by atoms with E-state index in [0.717, 1.165) is 19.6 Å². The van der Waals surface area contributed by atoms with E-state index >= 15 is 0 Å². The van der Waals surface area contributed by atoms with Gasteiger partial charge in [0.2, 0.25) is 5.91 Å². The fourth-order valence-electron chi connectivity index (χ4n) is 2.76. The number of morpholine rings is 1. The predicted molar refractivity (Wildman–Crippen MR) is 97.5 cm³/mol. The highest BCUT2D eigenvalue weighted by Gasteiger charge is 2.23. The molecular formula is C17H25ClN2O4S. The molecule has 6 nitrogen and oxygen atoms in total. The van der Waals surface area contributed by atoms with Gasteiger partial charge in [0.15, 0.2) is 9.84 Å². The van der Waals surface area contributed by atoms with E-state index in [1.54, 1.807) is 0 Å². The molecule has 1 fully saturated rings. The average Bonchev–Trinajstić information content (AvgIpc) is 2.53. The number of sulfone groups is 1. The molecule has 0 aliphatic carbocycles. The number of ether oxygens (including phenoxy) is 1. The number of nitrogens with one attached hydrogen (secondary N) is 1. The third-order valence-corrected chi connectivity index (χ3v) is 5.75. The van der Waals surface area contributed by atoms with Crippen LogP contribution in [0.4, 0.5) is 0 Å². The van der Waals surface area contributed by atoms with E-state index in [-0.39, 0.29) is 11.0 Å². The van der Waals surface area contributed by atoms with Crippen LogP contribution in [0.25, 0.3) is 0 Å². The lowest BCUT2D eigenvalue weighted by Gasteiger charge is -2.33. The highest BCUT2D eigenvalue weighted by molar-refractivity contribution is 7.92. The molecular weight excluding hydrogens is 364 g/mol. The molecule has 1 saturated heterocycles. The quantitative estimate of drug-likeness (QED) is 0.767. The van der Waals surface area contributed by atoms with Gasteiger partial charge in [-0.15, -0.1) is 0 Å². The maximum Gasteiger partial charge on any atom is 0.235 e. The first kappa shape index (κ1) is 20.2. The van der Waals surface area contributed by atoms with E-state index in [1.165, 1.54) is 24.3 Å². The molecule has 0 aromatic heterocycles. The summed E-state index contributed by atoms with van der Waals surface area (Å²) in [6.07, 6.45) is -0.116. The lowest BCUT2D eigenvalue weighted by atomic mass is 10.2. The number of carbonyl (C=O) groups is 1. The van der Waals surface area contributed by atoms with Crippen LogP contribution in [0, 0.1) is 5.92 Å². The Balaban J connectivity index is 1.83. The summed E-state index contributed by atoms with van der Waals surface area (Å²) in [5, 5.41) is 3.12. The fraction of sp³-hybridized carbons (Fsp3) is 0.588. The number of rotatable bonds is 7. The maximum atomic E-state index is 12.2. The van der Waals surface area contributed by atoms with Crippen molar-refractivity contribution in [3.8, 4) is 0 Å². The van der Waals surface area contributed by atoms with E-state index in [9.17, 15) is 13.2 Å². The number of hydrogen-bond acceptors (Lipinski definition) is 5. The third-order valence-electron chi connectivity index (χ3n) is 3.87. The SMILES string of the molecule is CC(C)CN1CCOC(CNC(=O)CS(=O)(=O)c2ccc(Cl)cc2)C1. The maximum absolute atomic E-state index is 12.2. The third kappa shape index (κ3) is 6.58. The topological polar surface area (TPSA) is 75.7 Å². The second-order valence-electron chi connectivity index (χ2n) is 6.66. The molecule has 2 rings (SSSR count). The Morgan fingerprint density at radius 2 is 2.04 bits per heavy atom. The molecule has 8 heteroatoms. The molecule has 0 radical (unpaired) electrons. The van der Waals surface area contributed by atoms with Gasteiger partial charge in [0.25, 0.3) is 0 Å². The van der Waals surface area contributed by atoms with Crippen molar-refractivity contribution in [2.45, 2.75) is 24.8 Å². The van der Waals surface area contributed by atoms with E-state index in [2.05, 4.69) is 24.1 Å². The Morgan fingerprint density at radius 3 is 2.68 bits per heavy atom. The number of nitrogens with zero attached hydrogens (tertiary/aromatic N) is 1. The van der Waals surface area contributed by atoms with Gasteiger partial charge in [0.05, 0.1) is 17.6 Å². The minimum Gasteiger partial charge on any atom is -0.374 e. The van der Waals surface area contributed by atoms with Crippen molar-refractivity contribution >= 4 is 27.3 Å². The standard InChI is InChI=1S/C17H25ClN2O4S/c1-13(2)10-20-7-8-24-15(11-20)9-19-17(21)12-25(22,23)16-5-3-14(18)4-6-16/h3-6,13,15H,7-12H2,1-2H3,(H,19,21). The Kier molecular flexibility index (Phi) is 7.25. The molecule has 1 aliphatic rings. The molecule has 1 amide bonds. The van der Waals surface area contributed by atoms with Gasteiger partial charge < -0.3 is 10.1 Å². The predicted octanol–water partition coefficient (Wildman–Crippen LogP) is 1.59. The smallest absolute Gasteiger partial charge is 0.235 e. The highest BCUT2D eigenvalue weighted by atomic mass is 35.5. The van der Waals surface area contributed by atoms with Crippen LogP contribution in [0.2, 0.25) is 5.02 Å². The van der Waals surface area contributed by atoms with Gasteiger partial charge in [-0.25, -0.2) is 8.42 Å². The van der Waals surface area contributed by atoms with Crippen molar-refractivity contribution in [1.82, 2.24) is 10.2 Å². The number of amides is 1. The Bertz CT molecular complexity index is 676. The van der Waals surface area contributed by atoms with Crippen LogP contribution in [-0.4, -0.2) is 63.9 Å². The van der Waals surface area contributed by atoms with E-state index in [4.69, 9.17) is 16.3 Å². The summed E-state index contributed by atoms with van der Waals surface area (Å²) in [7, 11) is -3.68. The van der Waals surface area contributed by atoms with Gasteiger partial charge in [-0.1, -0.05) is 25.4 Å². The zero-order valence-electron chi connectivity index (χ0n) is 14.6. The van der Waals surface area contributed by atoms with E-state index in [0.29, 0.717) is 24.1 Å². The molecule has 0 spiro atoms. The summed E-state index contributed by atoms with van der Waals surface area (Å²) in [5.41, 5.74) is 0. The Hall–Kier alpha value is -1.15. The number of hydrogen-bond donors (Lipinski definition) is 1. The number of halogens is 1. The van der Waals surface area contributed by atoms with E-state index in [1.807, 2.05) is 0 Å². The van der Waals surface area contributed by atoms with Crippen LogP contribution in [0.5, 0.6) is 0 Å². The lowest BCUT2D eigenvalue weighted by Crippen LogP contribution is -2.48. The van der Waals surface area contributed by atoms with Crippen molar-refractivity contribution in [2.24, 2.45) is 5.92 Å². The van der Waals surface area contributed by atoms with Crippen molar-refractivity contribution in [3.05, 3.63) is 29.3 Å². The zero-order chi connectivity index (χ0) is 18.4. The molecule has 1 heterocycles. The van der Waals surface area contributed by atoms with Gasteiger partial charge in [-0.2, -0.15) is 0 Å². The molecule has 1 aliphatic heterocycles. The fourth-order valence-corrected chi connectivity index (χ4v) is 4.05. The van der Waals surface area contributed by atoms with Gasteiger partial charge in [-0.05, 0) is 30.2 Å². The molecule has 140 valence electrons. The van der Waals surface area contributed by atoms with Crippen molar-refractivity contribution in [3.63, 3.8) is 0 Å². The van der Waals surface area contributed by atoms with Crippen LogP contribution >= 0.6 is 11.6 Å².